The van der Waals surface area contributed by atoms with Crippen molar-refractivity contribution in [1.29, 1.82) is 0 Å². The minimum atomic E-state index is -0.227. The Kier molecular flexibility index (Phi) is 5.84. The van der Waals surface area contributed by atoms with Crippen molar-refractivity contribution in [2.45, 2.75) is 26.5 Å². The van der Waals surface area contributed by atoms with Crippen LogP contribution in [0, 0.1) is 12.8 Å². The summed E-state index contributed by atoms with van der Waals surface area (Å²) in [5.74, 6) is 0.484. The van der Waals surface area contributed by atoms with E-state index in [0.29, 0.717) is 25.4 Å². The van der Waals surface area contributed by atoms with Crippen LogP contribution >= 0.6 is 0 Å². The Bertz CT molecular complexity index is 104. The summed E-state index contributed by atoms with van der Waals surface area (Å²) in [6.07, 6.45) is 0.969. The minimum absolute atomic E-state index is 0.227. The van der Waals surface area contributed by atoms with Gasteiger partial charge in [0.2, 0.25) is 6.41 Å². The molecule has 0 aliphatic rings. The van der Waals surface area contributed by atoms with Gasteiger partial charge in [0.15, 0.2) is 0 Å². The van der Waals surface area contributed by atoms with E-state index < -0.39 is 0 Å². The number of ether oxygens (including phenoxy) is 1. The Balaban J connectivity index is 3.43. The third-order valence-corrected chi connectivity index (χ3v) is 1.15. The fraction of sp³-hybridized carbons (Fsp3) is 0.750. The van der Waals surface area contributed by atoms with Gasteiger partial charge in [0.05, 0.1) is 6.61 Å². The predicted molar refractivity (Wildman–Crippen MR) is 43.8 cm³/mol. The number of hydrogen-bond donors (Lipinski definition) is 1. The fourth-order valence-corrected chi connectivity index (χ4v) is 0.599. The van der Waals surface area contributed by atoms with Crippen molar-refractivity contribution in [2.24, 2.45) is 5.92 Å². The monoisotopic (exact) mass is 158 g/mol. The second-order valence-electron chi connectivity index (χ2n) is 2.79. The number of hydrogen-bond acceptors (Lipinski definition) is 2. The molecule has 65 valence electrons. The van der Waals surface area contributed by atoms with E-state index in [4.69, 9.17) is 4.74 Å². The summed E-state index contributed by atoms with van der Waals surface area (Å²) < 4.78 is 5.29. The van der Waals surface area contributed by atoms with Crippen LogP contribution in [0.15, 0.2) is 0 Å². The van der Waals surface area contributed by atoms with E-state index in [-0.39, 0.29) is 6.23 Å². The zero-order valence-electron chi connectivity index (χ0n) is 7.17. The van der Waals surface area contributed by atoms with E-state index in [2.05, 4.69) is 26.1 Å². The second-order valence-corrected chi connectivity index (χ2v) is 2.79. The molecule has 1 atom stereocenters. The summed E-state index contributed by atoms with van der Waals surface area (Å²) in [6.45, 7) is 8.40. The van der Waals surface area contributed by atoms with Crippen molar-refractivity contribution in [3.63, 3.8) is 0 Å². The standard InChI is InChI=1S/C8H16NO2/c1-4-8(9-6-10)11-5-7(2)3/h6-8H,1,4-5H2,2-3H3,(H,9,10). The molecule has 0 saturated carbocycles. The highest BCUT2D eigenvalue weighted by Crippen LogP contribution is 1.97. The van der Waals surface area contributed by atoms with Crippen LogP contribution in [0.2, 0.25) is 0 Å². The largest absolute Gasteiger partial charge is 0.358 e. The smallest absolute Gasteiger partial charge is 0.209 e. The van der Waals surface area contributed by atoms with Crippen LogP contribution in [0.3, 0.4) is 0 Å². The van der Waals surface area contributed by atoms with Crippen LogP contribution in [-0.2, 0) is 9.53 Å². The van der Waals surface area contributed by atoms with E-state index >= 15 is 0 Å². The molecule has 0 aromatic heterocycles. The Morgan fingerprint density at radius 3 is 2.64 bits per heavy atom. The predicted octanol–water partition coefficient (Wildman–Crippen LogP) is 0.955. The van der Waals surface area contributed by atoms with E-state index in [9.17, 15) is 4.79 Å². The molecule has 0 bridgehead atoms. The maximum absolute atomic E-state index is 10.00. The van der Waals surface area contributed by atoms with Gasteiger partial charge in [-0.1, -0.05) is 13.8 Å². The maximum atomic E-state index is 10.00. The van der Waals surface area contributed by atoms with Gasteiger partial charge in [-0.2, -0.15) is 0 Å². The number of carbonyl (C=O) groups excluding carboxylic acids is 1. The van der Waals surface area contributed by atoms with Gasteiger partial charge >= 0.3 is 0 Å². The summed E-state index contributed by atoms with van der Waals surface area (Å²) in [5, 5.41) is 2.52. The van der Waals surface area contributed by atoms with E-state index in [1.54, 1.807) is 0 Å². The van der Waals surface area contributed by atoms with E-state index in [1.807, 2.05) is 0 Å². The molecule has 0 rings (SSSR count). The molecule has 0 aromatic carbocycles. The highest BCUT2D eigenvalue weighted by atomic mass is 16.5. The van der Waals surface area contributed by atoms with Crippen molar-refractivity contribution in [2.75, 3.05) is 6.61 Å². The molecule has 1 N–H and O–H groups in total. The summed E-state index contributed by atoms with van der Waals surface area (Å²) in [7, 11) is 0. The fourth-order valence-electron chi connectivity index (χ4n) is 0.599. The molecule has 0 aliphatic carbocycles. The van der Waals surface area contributed by atoms with Gasteiger partial charge in [-0.15, -0.1) is 0 Å². The van der Waals surface area contributed by atoms with E-state index in [0.717, 1.165) is 0 Å². The van der Waals surface area contributed by atoms with Crippen LogP contribution < -0.4 is 5.32 Å². The van der Waals surface area contributed by atoms with Crippen molar-refractivity contribution in [3.05, 3.63) is 6.92 Å². The van der Waals surface area contributed by atoms with Crippen molar-refractivity contribution in [3.8, 4) is 0 Å². The Hall–Kier alpha value is -0.570. The molecule has 3 nitrogen and oxygen atoms in total. The first-order chi connectivity index (χ1) is 5.20. The second kappa shape index (κ2) is 6.16. The van der Waals surface area contributed by atoms with Crippen molar-refractivity contribution < 1.29 is 9.53 Å². The zero-order chi connectivity index (χ0) is 8.69. The molecule has 1 amide bonds. The lowest BCUT2D eigenvalue weighted by atomic mass is 10.2. The SMILES string of the molecule is [CH2]CC(NC=O)OCC(C)C. The Labute approximate surface area is 68.1 Å². The van der Waals surface area contributed by atoms with Gasteiger partial charge in [0.1, 0.15) is 6.23 Å². The zero-order valence-corrected chi connectivity index (χ0v) is 7.17. The highest BCUT2D eigenvalue weighted by molar-refractivity contribution is 5.46. The molecule has 0 fully saturated rings. The molecule has 0 spiro atoms. The highest BCUT2D eigenvalue weighted by Gasteiger charge is 2.04. The number of amides is 1. The molecule has 1 unspecified atom stereocenters. The maximum Gasteiger partial charge on any atom is 0.209 e. The molecule has 0 saturated heterocycles. The van der Waals surface area contributed by atoms with E-state index in [1.165, 1.54) is 0 Å². The average molecular weight is 158 g/mol. The van der Waals surface area contributed by atoms with Gasteiger partial charge in [0.25, 0.3) is 0 Å². The molecular formula is C8H16NO2. The lowest BCUT2D eigenvalue weighted by Crippen LogP contribution is -2.31. The molecule has 0 aliphatic heterocycles. The molecular weight excluding hydrogens is 142 g/mol. The lowest BCUT2D eigenvalue weighted by Gasteiger charge is -2.15. The van der Waals surface area contributed by atoms with Crippen molar-refractivity contribution in [1.82, 2.24) is 5.32 Å². The number of nitrogens with one attached hydrogen (secondary N) is 1. The summed E-state index contributed by atoms with van der Waals surface area (Å²) >= 11 is 0. The first-order valence-corrected chi connectivity index (χ1v) is 3.81. The van der Waals surface area contributed by atoms with Gasteiger partial charge in [-0.05, 0) is 19.3 Å². The third-order valence-electron chi connectivity index (χ3n) is 1.15. The quantitative estimate of drug-likeness (QED) is 0.462. The number of rotatable bonds is 6. The van der Waals surface area contributed by atoms with Gasteiger partial charge < -0.3 is 10.1 Å². The Morgan fingerprint density at radius 1 is 1.64 bits per heavy atom. The van der Waals surface area contributed by atoms with Crippen LogP contribution in [0.4, 0.5) is 0 Å². The summed E-state index contributed by atoms with van der Waals surface area (Å²) in [5.41, 5.74) is 0. The molecule has 0 aromatic rings. The van der Waals surface area contributed by atoms with Crippen LogP contribution in [0.5, 0.6) is 0 Å². The summed E-state index contributed by atoms with van der Waals surface area (Å²) in [4.78, 5) is 10.00. The van der Waals surface area contributed by atoms with Crippen LogP contribution in [0.1, 0.15) is 20.3 Å². The minimum Gasteiger partial charge on any atom is -0.358 e. The normalized spacial score (nSPS) is 13.1. The van der Waals surface area contributed by atoms with Gasteiger partial charge in [0, 0.05) is 0 Å². The summed E-state index contributed by atoms with van der Waals surface area (Å²) in [6, 6.07) is 0. The van der Waals surface area contributed by atoms with Gasteiger partial charge in [-0.3, -0.25) is 4.79 Å². The first-order valence-electron chi connectivity index (χ1n) is 3.81. The van der Waals surface area contributed by atoms with Gasteiger partial charge in [-0.25, -0.2) is 0 Å². The first kappa shape index (κ1) is 10.4. The Morgan fingerprint density at radius 2 is 2.27 bits per heavy atom. The molecule has 3 heteroatoms. The number of carbonyl (C=O) groups is 1. The molecule has 0 heterocycles. The molecule has 1 radical (unpaired) electrons. The third kappa shape index (κ3) is 5.85. The van der Waals surface area contributed by atoms with Crippen molar-refractivity contribution >= 4 is 6.41 Å². The topological polar surface area (TPSA) is 38.3 Å². The van der Waals surface area contributed by atoms with Crippen LogP contribution in [-0.4, -0.2) is 19.2 Å². The average Bonchev–Trinajstić information content (AvgIpc) is 1.97. The molecule has 11 heavy (non-hydrogen) atoms. The van der Waals surface area contributed by atoms with Crippen LogP contribution in [0.25, 0.3) is 0 Å². The lowest BCUT2D eigenvalue weighted by molar-refractivity contribution is -0.113.